The molecule has 1 amide bonds. The summed E-state index contributed by atoms with van der Waals surface area (Å²) in [5.74, 6) is -3.61. The number of amides is 1. The second-order valence-corrected chi connectivity index (χ2v) is 5.24. The number of nitrogens with zero attached hydrogens (tertiary/aromatic N) is 1. The summed E-state index contributed by atoms with van der Waals surface area (Å²) < 4.78 is 31.4. The van der Waals surface area contributed by atoms with E-state index in [4.69, 9.17) is 9.84 Å². The fourth-order valence-electron chi connectivity index (χ4n) is 2.24. The molecule has 1 aliphatic heterocycles. The molecule has 1 N–H and O–H groups in total. The zero-order chi connectivity index (χ0) is 16.2. The summed E-state index contributed by atoms with van der Waals surface area (Å²) in [6, 6.07) is 6.45. The highest BCUT2D eigenvalue weighted by Crippen LogP contribution is 2.27. The molecule has 1 aromatic rings. The van der Waals surface area contributed by atoms with Gasteiger partial charge in [-0.2, -0.15) is 0 Å². The van der Waals surface area contributed by atoms with Crippen LogP contribution in [0.25, 0.3) is 0 Å². The van der Waals surface area contributed by atoms with Crippen LogP contribution in [0.1, 0.15) is 18.4 Å². The monoisotopic (exact) mass is 313 g/mol. The molecule has 1 heterocycles. The highest BCUT2D eigenvalue weighted by molar-refractivity contribution is 5.78. The number of aliphatic carboxylic acids is 1. The van der Waals surface area contributed by atoms with Gasteiger partial charge in [-0.05, 0) is 17.7 Å². The van der Waals surface area contributed by atoms with Crippen LogP contribution in [0.5, 0.6) is 5.75 Å². The molecule has 5 nitrogen and oxygen atoms in total. The van der Waals surface area contributed by atoms with Crippen molar-refractivity contribution in [3.05, 3.63) is 29.8 Å². The first-order valence-electron chi connectivity index (χ1n) is 6.95. The van der Waals surface area contributed by atoms with Gasteiger partial charge in [0.1, 0.15) is 5.75 Å². The van der Waals surface area contributed by atoms with Crippen LogP contribution < -0.4 is 4.74 Å². The smallest absolute Gasteiger partial charge is 0.307 e. The van der Waals surface area contributed by atoms with E-state index >= 15 is 0 Å². The maximum atomic E-state index is 13.0. The van der Waals surface area contributed by atoms with Gasteiger partial charge in [-0.3, -0.25) is 9.59 Å². The second-order valence-electron chi connectivity index (χ2n) is 5.24. The Bertz CT molecular complexity index is 552. The lowest BCUT2D eigenvalue weighted by molar-refractivity contribution is -0.139. The Morgan fingerprint density at radius 1 is 1.27 bits per heavy atom. The normalized spacial score (nSPS) is 17.1. The number of carboxylic acids is 1. The van der Waals surface area contributed by atoms with Gasteiger partial charge in [-0.15, -0.1) is 0 Å². The highest BCUT2D eigenvalue weighted by atomic mass is 19.3. The van der Waals surface area contributed by atoms with Crippen LogP contribution in [0.4, 0.5) is 8.78 Å². The molecule has 22 heavy (non-hydrogen) atoms. The summed E-state index contributed by atoms with van der Waals surface area (Å²) in [5.41, 5.74) is 0.565. The van der Waals surface area contributed by atoms with E-state index in [1.165, 1.54) is 4.90 Å². The number of rotatable bonds is 5. The first-order chi connectivity index (χ1) is 10.4. The van der Waals surface area contributed by atoms with Crippen molar-refractivity contribution in [2.45, 2.75) is 25.2 Å². The molecule has 0 unspecified atom stereocenters. The van der Waals surface area contributed by atoms with Crippen molar-refractivity contribution >= 4 is 11.9 Å². The van der Waals surface area contributed by atoms with E-state index in [1.54, 1.807) is 24.3 Å². The van der Waals surface area contributed by atoms with Crippen molar-refractivity contribution in [1.82, 2.24) is 4.90 Å². The van der Waals surface area contributed by atoms with Crippen molar-refractivity contribution in [3.63, 3.8) is 0 Å². The van der Waals surface area contributed by atoms with E-state index in [2.05, 4.69) is 0 Å². The molecule has 1 aliphatic rings. The molecule has 1 saturated heterocycles. The fourth-order valence-corrected chi connectivity index (χ4v) is 2.24. The van der Waals surface area contributed by atoms with Gasteiger partial charge in [0.05, 0.1) is 6.42 Å². The van der Waals surface area contributed by atoms with E-state index in [0.29, 0.717) is 11.3 Å². The van der Waals surface area contributed by atoms with Gasteiger partial charge in [0.2, 0.25) is 0 Å². The molecule has 0 aliphatic carbocycles. The van der Waals surface area contributed by atoms with Crippen LogP contribution in [0.3, 0.4) is 0 Å². The third kappa shape index (κ3) is 4.68. The largest absolute Gasteiger partial charge is 0.484 e. The average molecular weight is 313 g/mol. The average Bonchev–Trinajstić information content (AvgIpc) is 2.44. The SMILES string of the molecule is O=C(O)Cc1cccc(OCC(=O)N2CCC(F)(F)CC2)c1. The topological polar surface area (TPSA) is 66.8 Å². The van der Waals surface area contributed by atoms with Crippen LogP contribution in [-0.2, 0) is 16.0 Å². The Labute approximate surface area is 126 Å². The van der Waals surface area contributed by atoms with E-state index in [-0.39, 0.29) is 44.9 Å². The molecule has 0 bridgehead atoms. The van der Waals surface area contributed by atoms with Crippen LogP contribution in [0, 0.1) is 0 Å². The number of hydrogen-bond acceptors (Lipinski definition) is 3. The number of carboxylic acid groups (broad SMARTS) is 1. The molecule has 2 rings (SSSR count). The third-order valence-electron chi connectivity index (χ3n) is 3.46. The van der Waals surface area contributed by atoms with Crippen molar-refractivity contribution in [2.24, 2.45) is 0 Å². The van der Waals surface area contributed by atoms with Gasteiger partial charge in [0, 0.05) is 25.9 Å². The third-order valence-corrected chi connectivity index (χ3v) is 3.46. The fraction of sp³-hybridized carbons (Fsp3) is 0.467. The summed E-state index contributed by atoms with van der Waals surface area (Å²) in [7, 11) is 0. The van der Waals surface area contributed by atoms with Crippen molar-refractivity contribution in [3.8, 4) is 5.75 Å². The van der Waals surface area contributed by atoms with E-state index in [1.807, 2.05) is 0 Å². The molecule has 7 heteroatoms. The Morgan fingerprint density at radius 2 is 1.95 bits per heavy atom. The number of alkyl halides is 2. The zero-order valence-electron chi connectivity index (χ0n) is 11.9. The maximum Gasteiger partial charge on any atom is 0.307 e. The van der Waals surface area contributed by atoms with Crippen LogP contribution in [0.15, 0.2) is 24.3 Å². The maximum absolute atomic E-state index is 13.0. The van der Waals surface area contributed by atoms with Crippen LogP contribution in [-0.4, -0.2) is 47.5 Å². The van der Waals surface area contributed by atoms with Crippen molar-refractivity contribution in [2.75, 3.05) is 19.7 Å². The summed E-state index contributed by atoms with van der Waals surface area (Å²) in [5, 5.41) is 8.73. The molecular formula is C15H17F2NO4. The number of piperidine rings is 1. The minimum Gasteiger partial charge on any atom is -0.484 e. The van der Waals surface area contributed by atoms with E-state index in [0.717, 1.165) is 0 Å². The van der Waals surface area contributed by atoms with Gasteiger partial charge >= 0.3 is 5.97 Å². The lowest BCUT2D eigenvalue weighted by atomic mass is 10.1. The Hall–Kier alpha value is -2.18. The minimum absolute atomic E-state index is 0.0221. The highest BCUT2D eigenvalue weighted by Gasteiger charge is 2.35. The molecule has 0 saturated carbocycles. The van der Waals surface area contributed by atoms with Crippen molar-refractivity contribution in [1.29, 1.82) is 0 Å². The number of likely N-dealkylation sites (tertiary alicyclic amines) is 1. The van der Waals surface area contributed by atoms with Gasteiger partial charge < -0.3 is 14.7 Å². The van der Waals surface area contributed by atoms with Gasteiger partial charge in [0.25, 0.3) is 11.8 Å². The number of ether oxygens (including phenoxy) is 1. The Kier molecular flexibility index (Phi) is 4.95. The first kappa shape index (κ1) is 16.2. The number of halogens is 2. The Balaban J connectivity index is 1.85. The molecule has 0 spiro atoms. The molecule has 1 fully saturated rings. The number of carbonyl (C=O) groups excluding carboxylic acids is 1. The number of carbonyl (C=O) groups is 2. The summed E-state index contributed by atoms with van der Waals surface area (Å²) >= 11 is 0. The van der Waals surface area contributed by atoms with Gasteiger partial charge in [0.15, 0.2) is 6.61 Å². The van der Waals surface area contributed by atoms with Crippen LogP contribution >= 0.6 is 0 Å². The van der Waals surface area contributed by atoms with E-state index in [9.17, 15) is 18.4 Å². The predicted octanol–water partition coefficient (Wildman–Crippen LogP) is 1.95. The van der Waals surface area contributed by atoms with Gasteiger partial charge in [-0.1, -0.05) is 12.1 Å². The number of hydrogen-bond donors (Lipinski definition) is 1. The molecule has 1 aromatic carbocycles. The molecule has 120 valence electrons. The number of benzene rings is 1. The molecule has 0 aromatic heterocycles. The standard InChI is InChI=1S/C15H17F2NO4/c16-15(17)4-6-18(7-5-15)13(19)10-22-12-3-1-2-11(8-12)9-14(20)21/h1-3,8H,4-7,9-10H2,(H,20,21). The van der Waals surface area contributed by atoms with E-state index < -0.39 is 11.9 Å². The summed E-state index contributed by atoms with van der Waals surface area (Å²) in [6.07, 6.45) is -0.786. The van der Waals surface area contributed by atoms with Gasteiger partial charge in [-0.25, -0.2) is 8.78 Å². The molecule has 0 atom stereocenters. The lowest BCUT2D eigenvalue weighted by Crippen LogP contribution is -2.44. The molecular weight excluding hydrogens is 296 g/mol. The Morgan fingerprint density at radius 3 is 2.59 bits per heavy atom. The van der Waals surface area contributed by atoms with Crippen molar-refractivity contribution < 1.29 is 28.2 Å². The lowest BCUT2D eigenvalue weighted by Gasteiger charge is -2.31. The minimum atomic E-state index is -2.69. The zero-order valence-corrected chi connectivity index (χ0v) is 11.9. The predicted molar refractivity (Wildman–Crippen MR) is 74.0 cm³/mol. The van der Waals surface area contributed by atoms with Crippen LogP contribution in [0.2, 0.25) is 0 Å². The first-order valence-corrected chi connectivity index (χ1v) is 6.95. The molecule has 0 radical (unpaired) electrons. The summed E-state index contributed by atoms with van der Waals surface area (Å²) in [6.45, 7) is -0.204. The summed E-state index contributed by atoms with van der Waals surface area (Å²) in [4.78, 5) is 23.9. The second kappa shape index (κ2) is 6.72. The quantitative estimate of drug-likeness (QED) is 0.902.